The Kier molecular flexibility index (Phi) is 7.39. The summed E-state index contributed by atoms with van der Waals surface area (Å²) in [4.78, 5) is 16.5. The molecule has 0 saturated heterocycles. The highest BCUT2D eigenvalue weighted by molar-refractivity contribution is 6.30. The first-order valence-corrected chi connectivity index (χ1v) is 10.5. The number of hydrogen-bond donors (Lipinski definition) is 2. The van der Waals surface area contributed by atoms with Crippen molar-refractivity contribution in [3.05, 3.63) is 60.6 Å². The highest BCUT2D eigenvalue weighted by atomic mass is 16.3. The van der Waals surface area contributed by atoms with E-state index in [1.807, 2.05) is 38.3 Å². The van der Waals surface area contributed by atoms with Crippen LogP contribution in [0.3, 0.4) is 0 Å². The molecule has 0 saturated carbocycles. The third-order valence-corrected chi connectivity index (χ3v) is 5.75. The van der Waals surface area contributed by atoms with E-state index < -0.39 is 0 Å². The summed E-state index contributed by atoms with van der Waals surface area (Å²) in [6.07, 6.45) is 10.0. The summed E-state index contributed by atoms with van der Waals surface area (Å²) in [6.45, 7) is 1.70. The van der Waals surface area contributed by atoms with Gasteiger partial charge in [0.05, 0.1) is 0 Å². The molecule has 2 N–H and O–H groups in total. The molecule has 0 aliphatic carbocycles. The van der Waals surface area contributed by atoms with Gasteiger partial charge in [0.15, 0.2) is 0 Å². The van der Waals surface area contributed by atoms with Crippen LogP contribution in [-0.4, -0.2) is 42.8 Å². The van der Waals surface area contributed by atoms with Crippen molar-refractivity contribution in [2.45, 2.75) is 43.9 Å². The van der Waals surface area contributed by atoms with Crippen molar-refractivity contribution in [1.82, 2.24) is 14.9 Å². The minimum absolute atomic E-state index is 0.0688. The summed E-state index contributed by atoms with van der Waals surface area (Å²) in [6, 6.07) is 11.5. The van der Waals surface area contributed by atoms with Gasteiger partial charge in [0, 0.05) is 48.4 Å². The molecule has 2 aromatic heterocycles. The largest absolute Gasteiger partial charge is 0.508 e. The van der Waals surface area contributed by atoms with E-state index in [9.17, 15) is 9.90 Å². The number of phenolic OH excluding ortho intramolecular Hbond substituents is 1. The first-order chi connectivity index (χ1) is 14.1. The zero-order valence-corrected chi connectivity index (χ0v) is 17.3. The van der Waals surface area contributed by atoms with Crippen LogP contribution >= 0.6 is 0 Å². The fourth-order valence-corrected chi connectivity index (χ4v) is 3.68. The van der Waals surface area contributed by atoms with Gasteiger partial charge in [-0.3, -0.25) is 9.78 Å². The van der Waals surface area contributed by atoms with Crippen molar-refractivity contribution in [3.8, 4) is 5.75 Å². The number of nitrogens with one attached hydrogen (secondary N) is 1. The van der Waals surface area contributed by atoms with E-state index in [-0.39, 0.29) is 17.5 Å². The van der Waals surface area contributed by atoms with Crippen molar-refractivity contribution in [3.63, 3.8) is 0 Å². The quantitative estimate of drug-likeness (QED) is 0.413. The average Bonchev–Trinajstić information content (AvgIpc) is 3.14. The maximum absolute atomic E-state index is 12.4. The number of unbranched alkanes of at least 4 members (excludes halogenated alkanes) is 3. The van der Waals surface area contributed by atoms with Gasteiger partial charge in [0.1, 0.15) is 21.4 Å². The lowest BCUT2D eigenvalue weighted by molar-refractivity contribution is -0.121. The molecule has 2 unspecified atom stereocenters. The summed E-state index contributed by atoms with van der Waals surface area (Å²) in [7, 11) is 4.06. The number of fused-ring (bicyclic) bond motifs is 1. The lowest BCUT2D eigenvalue weighted by Gasteiger charge is -2.19. The number of amides is 1. The molecule has 1 aromatic carbocycles. The fraction of sp³-hybridized carbons (Fsp3) is 0.364. The van der Waals surface area contributed by atoms with Crippen molar-refractivity contribution in [1.29, 1.82) is 0 Å². The number of hydrogen-bond acceptors (Lipinski definition) is 3. The average molecular weight is 389 g/mol. The topological polar surface area (TPSA) is 67.2 Å². The van der Waals surface area contributed by atoms with E-state index in [1.165, 1.54) is 0 Å². The summed E-state index contributed by atoms with van der Waals surface area (Å²) in [5.74, 6) is 0.507. The minimum Gasteiger partial charge on any atom is -0.508 e. The standard InChI is InChI=1S/C22H29B2N3O2/c23-20(17-6-5-10-25-15-17)21(24)22(29)26-11-3-1-2-4-12-27-13-9-16-14-18(28)7-8-19(16)27/h5-10,13-15,20-21,28H,1-4,11-12,23-24H2,(H,26,29). The maximum atomic E-state index is 12.4. The van der Waals surface area contributed by atoms with Gasteiger partial charge in [-0.15, -0.1) is 0 Å². The highest BCUT2D eigenvalue weighted by Gasteiger charge is 2.21. The Bertz CT molecular complexity index is 930. The lowest BCUT2D eigenvalue weighted by atomic mass is 9.63. The van der Waals surface area contributed by atoms with Gasteiger partial charge in [0.2, 0.25) is 5.91 Å². The monoisotopic (exact) mass is 389 g/mol. The lowest BCUT2D eigenvalue weighted by Crippen LogP contribution is -2.31. The van der Waals surface area contributed by atoms with Crippen molar-refractivity contribution in [2.75, 3.05) is 6.54 Å². The van der Waals surface area contributed by atoms with Gasteiger partial charge in [-0.25, -0.2) is 0 Å². The van der Waals surface area contributed by atoms with Crippen molar-refractivity contribution in [2.24, 2.45) is 0 Å². The van der Waals surface area contributed by atoms with Gasteiger partial charge in [-0.2, -0.15) is 0 Å². The Labute approximate surface area is 174 Å². The normalized spacial score (nSPS) is 13.2. The summed E-state index contributed by atoms with van der Waals surface area (Å²) in [5, 5.41) is 13.7. The molecule has 0 aliphatic heterocycles. The fourth-order valence-electron chi connectivity index (χ4n) is 3.68. The van der Waals surface area contributed by atoms with Gasteiger partial charge in [0.25, 0.3) is 0 Å². The number of aryl methyl sites for hydroxylation is 1. The number of nitrogens with zero attached hydrogens (tertiary/aromatic N) is 2. The summed E-state index contributed by atoms with van der Waals surface area (Å²) in [5.41, 5.74) is 2.26. The number of rotatable bonds is 10. The van der Waals surface area contributed by atoms with Gasteiger partial charge in [-0.1, -0.05) is 18.9 Å². The van der Waals surface area contributed by atoms with Crippen LogP contribution in [0.15, 0.2) is 55.0 Å². The highest BCUT2D eigenvalue weighted by Crippen LogP contribution is 2.23. The molecular weight excluding hydrogens is 360 g/mol. The number of carbonyl (C=O) groups is 1. The van der Waals surface area contributed by atoms with Crippen LogP contribution in [0.4, 0.5) is 0 Å². The number of pyridine rings is 1. The SMILES string of the molecule is BC(C(=O)NCCCCCCn1ccc2cc(O)ccc21)C(B)c1cccnc1. The van der Waals surface area contributed by atoms with Crippen LogP contribution in [0.25, 0.3) is 10.9 Å². The molecule has 2 atom stereocenters. The summed E-state index contributed by atoms with van der Waals surface area (Å²) < 4.78 is 2.23. The molecule has 3 rings (SSSR count). The number of aromatic nitrogens is 2. The molecule has 150 valence electrons. The van der Waals surface area contributed by atoms with E-state index in [0.29, 0.717) is 5.75 Å². The van der Waals surface area contributed by atoms with Gasteiger partial charge >= 0.3 is 0 Å². The second kappa shape index (κ2) is 10.2. The Morgan fingerprint density at radius 2 is 1.97 bits per heavy atom. The molecular formula is C22H29B2N3O2. The Morgan fingerprint density at radius 3 is 2.76 bits per heavy atom. The molecule has 29 heavy (non-hydrogen) atoms. The second-order valence-corrected chi connectivity index (χ2v) is 7.82. The third-order valence-electron chi connectivity index (χ3n) is 5.75. The van der Waals surface area contributed by atoms with E-state index in [2.05, 4.69) is 28.9 Å². The summed E-state index contributed by atoms with van der Waals surface area (Å²) >= 11 is 0. The van der Waals surface area contributed by atoms with Crippen LogP contribution in [-0.2, 0) is 11.3 Å². The minimum atomic E-state index is -0.0688. The molecule has 1 amide bonds. The molecule has 5 nitrogen and oxygen atoms in total. The molecule has 0 radical (unpaired) electrons. The predicted octanol–water partition coefficient (Wildman–Crippen LogP) is 2.21. The molecule has 0 fully saturated rings. The number of carbonyl (C=O) groups excluding carboxylic acids is 1. The number of benzene rings is 1. The molecule has 0 spiro atoms. The van der Waals surface area contributed by atoms with E-state index >= 15 is 0 Å². The number of aromatic hydroxyl groups is 1. The van der Waals surface area contributed by atoms with Gasteiger partial charge < -0.3 is 15.0 Å². The zero-order valence-electron chi connectivity index (χ0n) is 17.3. The zero-order chi connectivity index (χ0) is 20.6. The van der Waals surface area contributed by atoms with Crippen LogP contribution < -0.4 is 5.32 Å². The Balaban J connectivity index is 1.32. The van der Waals surface area contributed by atoms with Crippen LogP contribution in [0.1, 0.15) is 37.1 Å². The third kappa shape index (κ3) is 5.66. The molecule has 0 aliphatic rings. The predicted molar refractivity (Wildman–Crippen MR) is 123 cm³/mol. The molecule has 3 aromatic rings. The number of phenols is 1. The van der Waals surface area contributed by atoms with E-state index in [4.69, 9.17) is 0 Å². The van der Waals surface area contributed by atoms with Crippen LogP contribution in [0.2, 0.25) is 5.82 Å². The van der Waals surface area contributed by atoms with Crippen molar-refractivity contribution >= 4 is 32.5 Å². The van der Waals surface area contributed by atoms with Gasteiger partial charge in [-0.05, 0) is 54.6 Å². The maximum Gasteiger partial charge on any atom is 0.214 e. The molecule has 0 bridgehead atoms. The first kappa shape index (κ1) is 21.0. The van der Waals surface area contributed by atoms with E-state index in [1.54, 1.807) is 18.3 Å². The Hall–Kier alpha value is -2.69. The molecule has 2 heterocycles. The van der Waals surface area contributed by atoms with E-state index in [0.717, 1.165) is 55.2 Å². The first-order valence-electron chi connectivity index (χ1n) is 10.5. The smallest absolute Gasteiger partial charge is 0.214 e. The second-order valence-electron chi connectivity index (χ2n) is 7.82. The van der Waals surface area contributed by atoms with Crippen molar-refractivity contribution < 1.29 is 9.90 Å². The molecule has 7 heteroatoms. The Morgan fingerprint density at radius 1 is 1.14 bits per heavy atom. The van der Waals surface area contributed by atoms with Crippen LogP contribution in [0.5, 0.6) is 5.75 Å². The van der Waals surface area contributed by atoms with Crippen LogP contribution in [0, 0.1) is 0 Å².